The van der Waals surface area contributed by atoms with E-state index in [2.05, 4.69) is 10.1 Å². The predicted octanol–water partition coefficient (Wildman–Crippen LogP) is 1.39. The van der Waals surface area contributed by atoms with Gasteiger partial charge in [0.05, 0.1) is 5.56 Å². The first-order valence-corrected chi connectivity index (χ1v) is 4.18. The number of benzene rings is 1. The number of terminal acetylenes is 1. The molecule has 0 unspecified atom stereocenters. The minimum Gasteiger partial charge on any atom is -0.369 e. The topological polar surface area (TPSA) is 55.4 Å². The smallest absolute Gasteiger partial charge is 0.352 e. The maximum absolute atomic E-state index is 11.1. The van der Waals surface area contributed by atoms with E-state index in [0.717, 1.165) is 0 Å². The van der Waals surface area contributed by atoms with Crippen molar-refractivity contribution in [2.45, 2.75) is 6.92 Å². The number of carbonyl (C=O) groups is 2. The first-order valence-electron chi connectivity index (χ1n) is 4.18. The van der Waals surface area contributed by atoms with Crippen molar-refractivity contribution in [1.29, 1.82) is 0 Å². The molecule has 0 saturated carbocycles. The molecule has 0 spiro atoms. The Morgan fingerprint density at radius 3 is 2.40 bits per heavy atom. The van der Waals surface area contributed by atoms with Gasteiger partial charge in [-0.05, 0) is 24.3 Å². The van der Waals surface area contributed by atoms with Crippen molar-refractivity contribution in [3.8, 4) is 12.5 Å². The number of nitrogens with one attached hydrogen (secondary N) is 1. The van der Waals surface area contributed by atoms with E-state index in [1.807, 2.05) is 0 Å². The number of hydrogen-bond donors (Lipinski definition) is 1. The van der Waals surface area contributed by atoms with E-state index in [1.54, 1.807) is 18.2 Å². The summed E-state index contributed by atoms with van der Waals surface area (Å²) in [6.45, 7) is 1.40. The average molecular weight is 203 g/mol. The van der Waals surface area contributed by atoms with Crippen LogP contribution in [0.15, 0.2) is 24.3 Å². The Balaban J connectivity index is 2.77. The highest BCUT2D eigenvalue weighted by atomic mass is 16.5. The summed E-state index contributed by atoms with van der Waals surface area (Å²) in [5.74, 6) is -0.763. The third-order valence-electron chi connectivity index (χ3n) is 1.59. The molecule has 1 amide bonds. The van der Waals surface area contributed by atoms with Gasteiger partial charge in [0.2, 0.25) is 5.91 Å². The summed E-state index contributed by atoms with van der Waals surface area (Å²) >= 11 is 0. The zero-order valence-corrected chi connectivity index (χ0v) is 8.11. The van der Waals surface area contributed by atoms with E-state index in [4.69, 9.17) is 6.42 Å². The van der Waals surface area contributed by atoms with E-state index >= 15 is 0 Å². The number of anilines is 1. The highest BCUT2D eigenvalue weighted by molar-refractivity contribution is 5.92. The molecule has 0 saturated heterocycles. The van der Waals surface area contributed by atoms with Crippen LogP contribution in [0, 0.1) is 12.5 Å². The second-order valence-electron chi connectivity index (χ2n) is 2.77. The molecule has 0 atom stereocenters. The molecule has 0 aliphatic rings. The molecular weight excluding hydrogens is 194 g/mol. The summed E-state index contributed by atoms with van der Waals surface area (Å²) in [7, 11) is 0. The van der Waals surface area contributed by atoms with Crippen LogP contribution in [0.25, 0.3) is 0 Å². The lowest BCUT2D eigenvalue weighted by Gasteiger charge is -2.02. The number of rotatable bonds is 2. The monoisotopic (exact) mass is 203 g/mol. The fourth-order valence-electron chi connectivity index (χ4n) is 1.01. The summed E-state index contributed by atoms with van der Waals surface area (Å²) < 4.78 is 4.35. The lowest BCUT2D eigenvalue weighted by Crippen LogP contribution is -2.06. The standard InChI is InChI=1S/C11H9NO3/c1-3-15-11(14)9-4-6-10(7-5-9)12-8(2)13/h1,4-7H,2H3,(H,12,13). The van der Waals surface area contributed by atoms with Crippen LogP contribution in [-0.4, -0.2) is 11.9 Å². The molecule has 0 aromatic heterocycles. The molecule has 1 aromatic carbocycles. The van der Waals surface area contributed by atoms with Gasteiger partial charge < -0.3 is 10.1 Å². The van der Waals surface area contributed by atoms with E-state index in [9.17, 15) is 9.59 Å². The van der Waals surface area contributed by atoms with E-state index in [1.165, 1.54) is 19.1 Å². The van der Waals surface area contributed by atoms with Gasteiger partial charge in [0, 0.05) is 12.6 Å². The number of ether oxygens (including phenoxy) is 1. The number of esters is 1. The van der Waals surface area contributed by atoms with Crippen molar-refractivity contribution in [3.63, 3.8) is 0 Å². The highest BCUT2D eigenvalue weighted by Crippen LogP contribution is 2.10. The molecule has 1 rings (SSSR count). The van der Waals surface area contributed by atoms with Crippen LogP contribution in [0.2, 0.25) is 0 Å². The van der Waals surface area contributed by atoms with E-state index in [-0.39, 0.29) is 5.91 Å². The molecule has 0 bridgehead atoms. The molecule has 0 aliphatic carbocycles. The zero-order valence-electron chi connectivity index (χ0n) is 8.11. The van der Waals surface area contributed by atoms with Gasteiger partial charge in [0.1, 0.15) is 6.11 Å². The van der Waals surface area contributed by atoms with Gasteiger partial charge in [-0.25, -0.2) is 4.79 Å². The molecular formula is C11H9NO3. The molecule has 0 radical (unpaired) electrons. The Labute approximate surface area is 87.2 Å². The maximum atomic E-state index is 11.1. The van der Waals surface area contributed by atoms with Crippen LogP contribution in [0.3, 0.4) is 0 Å². The molecule has 1 N–H and O–H groups in total. The second-order valence-corrected chi connectivity index (χ2v) is 2.77. The lowest BCUT2D eigenvalue weighted by molar-refractivity contribution is -0.114. The summed E-state index contributed by atoms with van der Waals surface area (Å²) in [6.07, 6.45) is 6.61. The molecule has 15 heavy (non-hydrogen) atoms. The molecule has 0 heterocycles. The largest absolute Gasteiger partial charge is 0.369 e. The lowest BCUT2D eigenvalue weighted by atomic mass is 10.2. The minimum atomic E-state index is -0.591. The molecule has 1 aromatic rings. The van der Waals surface area contributed by atoms with Crippen LogP contribution >= 0.6 is 0 Å². The summed E-state index contributed by atoms with van der Waals surface area (Å²) in [4.78, 5) is 21.8. The van der Waals surface area contributed by atoms with E-state index in [0.29, 0.717) is 11.3 Å². The third-order valence-corrected chi connectivity index (χ3v) is 1.59. The molecule has 4 nitrogen and oxygen atoms in total. The van der Waals surface area contributed by atoms with Crippen molar-refractivity contribution in [2.24, 2.45) is 0 Å². The second kappa shape index (κ2) is 4.82. The Kier molecular flexibility index (Phi) is 3.47. The van der Waals surface area contributed by atoms with Crippen LogP contribution in [0.1, 0.15) is 17.3 Å². The average Bonchev–Trinajstić information content (AvgIpc) is 2.18. The molecule has 4 heteroatoms. The summed E-state index contributed by atoms with van der Waals surface area (Å²) in [6, 6.07) is 6.22. The number of hydrogen-bond acceptors (Lipinski definition) is 3. The SMILES string of the molecule is C#COC(=O)c1ccc(NC(C)=O)cc1. The number of carbonyl (C=O) groups excluding carboxylic acids is 2. The molecule has 0 aliphatic heterocycles. The minimum absolute atomic E-state index is 0.172. The third kappa shape index (κ3) is 3.16. The Morgan fingerprint density at radius 2 is 1.93 bits per heavy atom. The van der Waals surface area contributed by atoms with Crippen LogP contribution < -0.4 is 5.32 Å². The van der Waals surface area contributed by atoms with Gasteiger partial charge >= 0.3 is 5.97 Å². The van der Waals surface area contributed by atoms with Crippen molar-refractivity contribution in [2.75, 3.05) is 5.32 Å². The predicted molar refractivity (Wildman–Crippen MR) is 55.0 cm³/mol. The Bertz CT molecular complexity index is 414. The Hall–Kier alpha value is -2.28. The van der Waals surface area contributed by atoms with Gasteiger partial charge in [0.15, 0.2) is 0 Å². The van der Waals surface area contributed by atoms with Crippen LogP contribution in [-0.2, 0) is 9.53 Å². The quantitative estimate of drug-likeness (QED) is 0.583. The van der Waals surface area contributed by atoms with E-state index < -0.39 is 5.97 Å². The normalized spacial score (nSPS) is 8.80. The number of amides is 1. The maximum Gasteiger partial charge on any atom is 0.352 e. The van der Waals surface area contributed by atoms with Gasteiger partial charge in [-0.2, -0.15) is 0 Å². The highest BCUT2D eigenvalue weighted by Gasteiger charge is 2.05. The van der Waals surface area contributed by atoms with Crippen molar-refractivity contribution < 1.29 is 14.3 Å². The van der Waals surface area contributed by atoms with Crippen molar-refractivity contribution in [1.82, 2.24) is 0 Å². The van der Waals surface area contributed by atoms with Gasteiger partial charge in [-0.1, -0.05) is 6.42 Å². The van der Waals surface area contributed by atoms with Crippen LogP contribution in [0.4, 0.5) is 5.69 Å². The molecule has 76 valence electrons. The first kappa shape index (κ1) is 10.8. The van der Waals surface area contributed by atoms with Gasteiger partial charge in [0.25, 0.3) is 0 Å². The van der Waals surface area contributed by atoms with Gasteiger partial charge in [-0.3, -0.25) is 4.79 Å². The molecule has 0 fully saturated rings. The summed E-state index contributed by atoms with van der Waals surface area (Å²) in [5, 5.41) is 2.57. The first-order chi connectivity index (χ1) is 7.13. The van der Waals surface area contributed by atoms with Gasteiger partial charge in [-0.15, -0.1) is 0 Å². The Morgan fingerprint density at radius 1 is 1.33 bits per heavy atom. The fourth-order valence-corrected chi connectivity index (χ4v) is 1.01. The zero-order chi connectivity index (χ0) is 11.3. The summed E-state index contributed by atoms with van der Waals surface area (Å²) in [5.41, 5.74) is 0.946. The van der Waals surface area contributed by atoms with Crippen molar-refractivity contribution in [3.05, 3.63) is 29.8 Å². The fraction of sp³-hybridized carbons (Fsp3) is 0.0909. The van der Waals surface area contributed by atoms with Crippen LogP contribution in [0.5, 0.6) is 0 Å². The van der Waals surface area contributed by atoms with Crippen molar-refractivity contribution >= 4 is 17.6 Å².